The Kier molecular flexibility index (Phi) is 6.53. The highest BCUT2D eigenvalue weighted by atomic mass is 35.5. The molecule has 0 aromatic heterocycles. The number of rotatable bonds is 5. The van der Waals surface area contributed by atoms with Crippen molar-refractivity contribution < 1.29 is 14.3 Å². The minimum atomic E-state index is -0.582. The number of ether oxygens (including phenoxy) is 1. The molecule has 0 aromatic rings. The zero-order valence-electron chi connectivity index (χ0n) is 11.2. The van der Waals surface area contributed by atoms with Gasteiger partial charge in [0.15, 0.2) is 5.78 Å². The van der Waals surface area contributed by atoms with Gasteiger partial charge in [-0.25, -0.2) is 4.79 Å². The molecule has 0 heterocycles. The predicted octanol–water partition coefficient (Wildman–Crippen LogP) is 2.73. The molecule has 5 heteroatoms. The van der Waals surface area contributed by atoms with Crippen molar-refractivity contribution >= 4 is 23.5 Å². The standard InChI is InChI=1S/C12H22ClNO3/c1-8(2)6-9(10(15)7-13)14-11(16)17-12(3,4)5/h8-9H,6-7H2,1-5H3,(H,14,16)/t9-/m0/s1. The summed E-state index contributed by atoms with van der Waals surface area (Å²) in [5, 5.41) is 2.56. The number of alkyl carbamates (subject to hydrolysis) is 1. The summed E-state index contributed by atoms with van der Waals surface area (Å²) in [6.45, 7) is 9.27. The first-order valence-electron chi connectivity index (χ1n) is 5.74. The SMILES string of the molecule is CC(C)C[C@H](NC(=O)OC(C)(C)C)C(=O)CCl. The van der Waals surface area contributed by atoms with E-state index in [1.807, 2.05) is 13.8 Å². The van der Waals surface area contributed by atoms with Crippen molar-refractivity contribution in [3.63, 3.8) is 0 Å². The zero-order valence-corrected chi connectivity index (χ0v) is 11.9. The van der Waals surface area contributed by atoms with Crippen LogP contribution in [0.5, 0.6) is 0 Å². The molecule has 0 aromatic carbocycles. The molecule has 100 valence electrons. The van der Waals surface area contributed by atoms with Crippen LogP contribution < -0.4 is 5.32 Å². The third-order valence-corrected chi connectivity index (χ3v) is 2.18. The number of ketones is 1. The summed E-state index contributed by atoms with van der Waals surface area (Å²) >= 11 is 5.51. The summed E-state index contributed by atoms with van der Waals surface area (Å²) in [6, 6.07) is -0.567. The van der Waals surface area contributed by atoms with E-state index in [1.165, 1.54) is 0 Å². The third kappa shape index (κ3) is 8.02. The van der Waals surface area contributed by atoms with E-state index in [4.69, 9.17) is 16.3 Å². The van der Waals surface area contributed by atoms with E-state index < -0.39 is 17.7 Å². The summed E-state index contributed by atoms with van der Waals surface area (Å²) in [5.74, 6) is 0.000951. The highest BCUT2D eigenvalue weighted by Gasteiger charge is 2.24. The lowest BCUT2D eigenvalue weighted by Crippen LogP contribution is -2.44. The summed E-state index contributed by atoms with van der Waals surface area (Å²) < 4.78 is 5.10. The number of amides is 1. The number of hydrogen-bond acceptors (Lipinski definition) is 3. The molecule has 1 atom stereocenters. The Morgan fingerprint density at radius 2 is 1.82 bits per heavy atom. The second-order valence-electron chi connectivity index (χ2n) is 5.43. The fourth-order valence-electron chi connectivity index (χ4n) is 1.29. The Hall–Kier alpha value is -0.770. The second kappa shape index (κ2) is 6.84. The first kappa shape index (κ1) is 16.2. The predicted molar refractivity (Wildman–Crippen MR) is 68.3 cm³/mol. The summed E-state index contributed by atoms with van der Waals surface area (Å²) in [5.41, 5.74) is -0.573. The third-order valence-electron chi connectivity index (χ3n) is 1.92. The fourth-order valence-corrected chi connectivity index (χ4v) is 1.47. The lowest BCUT2D eigenvalue weighted by molar-refractivity contribution is -0.119. The minimum Gasteiger partial charge on any atom is -0.444 e. The van der Waals surface area contributed by atoms with Gasteiger partial charge in [-0.05, 0) is 33.1 Å². The maximum absolute atomic E-state index is 11.5. The molecule has 0 spiro atoms. The molecular formula is C12H22ClNO3. The van der Waals surface area contributed by atoms with Crippen molar-refractivity contribution in [3.8, 4) is 0 Å². The molecule has 0 unspecified atom stereocenters. The van der Waals surface area contributed by atoms with E-state index in [0.29, 0.717) is 12.3 Å². The van der Waals surface area contributed by atoms with Crippen LogP contribution in [0.1, 0.15) is 41.0 Å². The molecule has 0 aliphatic carbocycles. The first-order valence-corrected chi connectivity index (χ1v) is 6.27. The Morgan fingerprint density at radius 1 is 1.29 bits per heavy atom. The van der Waals surface area contributed by atoms with E-state index in [1.54, 1.807) is 20.8 Å². The largest absolute Gasteiger partial charge is 0.444 e. The first-order chi connectivity index (χ1) is 7.65. The molecule has 0 saturated carbocycles. The molecule has 0 bridgehead atoms. The summed E-state index contributed by atoms with van der Waals surface area (Å²) in [4.78, 5) is 23.1. The van der Waals surface area contributed by atoms with E-state index in [2.05, 4.69) is 5.32 Å². The Labute approximate surface area is 108 Å². The van der Waals surface area contributed by atoms with E-state index in [-0.39, 0.29) is 11.7 Å². The van der Waals surface area contributed by atoms with Gasteiger partial charge in [-0.3, -0.25) is 4.79 Å². The molecule has 0 aliphatic rings. The molecule has 4 nitrogen and oxygen atoms in total. The maximum atomic E-state index is 11.5. The monoisotopic (exact) mass is 263 g/mol. The van der Waals surface area contributed by atoms with Gasteiger partial charge in [-0.15, -0.1) is 11.6 Å². The minimum absolute atomic E-state index is 0.104. The zero-order chi connectivity index (χ0) is 13.6. The van der Waals surface area contributed by atoms with Crippen LogP contribution >= 0.6 is 11.6 Å². The van der Waals surface area contributed by atoms with Crippen LogP contribution in [0.3, 0.4) is 0 Å². The van der Waals surface area contributed by atoms with E-state index >= 15 is 0 Å². The highest BCUT2D eigenvalue weighted by Crippen LogP contribution is 2.10. The molecule has 0 rings (SSSR count). The fraction of sp³-hybridized carbons (Fsp3) is 0.833. The molecule has 0 aliphatic heterocycles. The van der Waals surface area contributed by atoms with Gasteiger partial charge in [0.1, 0.15) is 5.60 Å². The van der Waals surface area contributed by atoms with Crippen LogP contribution in [0.25, 0.3) is 0 Å². The quantitative estimate of drug-likeness (QED) is 0.776. The van der Waals surface area contributed by atoms with Crippen molar-refractivity contribution in [2.45, 2.75) is 52.7 Å². The smallest absolute Gasteiger partial charge is 0.408 e. The molecule has 1 N–H and O–H groups in total. The molecule has 0 fully saturated rings. The molecule has 0 saturated heterocycles. The van der Waals surface area contributed by atoms with Gasteiger partial charge in [0.05, 0.1) is 11.9 Å². The van der Waals surface area contributed by atoms with Crippen LogP contribution in [0, 0.1) is 5.92 Å². The molecule has 17 heavy (non-hydrogen) atoms. The van der Waals surface area contributed by atoms with Crippen molar-refractivity contribution in [1.29, 1.82) is 0 Å². The number of carbonyl (C=O) groups excluding carboxylic acids is 2. The summed E-state index contributed by atoms with van der Waals surface area (Å²) in [6.07, 6.45) is -0.0215. The van der Waals surface area contributed by atoms with Crippen LogP contribution in [0.2, 0.25) is 0 Å². The number of nitrogens with one attached hydrogen (secondary N) is 1. The molecule has 0 radical (unpaired) electrons. The van der Waals surface area contributed by atoms with Gasteiger partial charge in [0, 0.05) is 0 Å². The van der Waals surface area contributed by atoms with Crippen molar-refractivity contribution in [2.24, 2.45) is 5.92 Å². The van der Waals surface area contributed by atoms with Crippen LogP contribution in [0.15, 0.2) is 0 Å². The highest BCUT2D eigenvalue weighted by molar-refractivity contribution is 6.28. The van der Waals surface area contributed by atoms with Gasteiger partial charge >= 0.3 is 6.09 Å². The number of Topliss-reactive ketones (excluding diaryl/α,β-unsaturated/α-hetero) is 1. The number of hydrogen-bond donors (Lipinski definition) is 1. The Bertz CT molecular complexity index is 271. The molecule has 1 amide bonds. The number of halogens is 1. The van der Waals surface area contributed by atoms with Gasteiger partial charge in [-0.2, -0.15) is 0 Å². The van der Waals surface area contributed by atoms with Crippen molar-refractivity contribution in [2.75, 3.05) is 5.88 Å². The van der Waals surface area contributed by atoms with E-state index in [0.717, 1.165) is 0 Å². The maximum Gasteiger partial charge on any atom is 0.408 e. The van der Waals surface area contributed by atoms with Crippen molar-refractivity contribution in [1.82, 2.24) is 5.32 Å². The van der Waals surface area contributed by atoms with Crippen LogP contribution in [-0.4, -0.2) is 29.4 Å². The average Bonchev–Trinajstić information content (AvgIpc) is 2.11. The van der Waals surface area contributed by atoms with Crippen LogP contribution in [0.4, 0.5) is 4.79 Å². The van der Waals surface area contributed by atoms with Crippen molar-refractivity contribution in [3.05, 3.63) is 0 Å². The van der Waals surface area contributed by atoms with Gasteiger partial charge < -0.3 is 10.1 Å². The Balaban J connectivity index is 4.43. The van der Waals surface area contributed by atoms with Gasteiger partial charge in [-0.1, -0.05) is 13.8 Å². The number of carbonyl (C=O) groups is 2. The lowest BCUT2D eigenvalue weighted by Gasteiger charge is -2.23. The van der Waals surface area contributed by atoms with Gasteiger partial charge in [0.25, 0.3) is 0 Å². The number of alkyl halides is 1. The van der Waals surface area contributed by atoms with Crippen LogP contribution in [-0.2, 0) is 9.53 Å². The summed E-state index contributed by atoms with van der Waals surface area (Å²) in [7, 11) is 0. The molecular weight excluding hydrogens is 242 g/mol. The lowest BCUT2D eigenvalue weighted by atomic mass is 10.0. The average molecular weight is 264 g/mol. The second-order valence-corrected chi connectivity index (χ2v) is 5.70. The normalized spacial score (nSPS) is 13.4. The van der Waals surface area contributed by atoms with E-state index in [9.17, 15) is 9.59 Å². The van der Waals surface area contributed by atoms with Gasteiger partial charge in [0.2, 0.25) is 0 Å². The Morgan fingerprint density at radius 3 is 2.18 bits per heavy atom. The topological polar surface area (TPSA) is 55.4 Å².